The predicted molar refractivity (Wildman–Crippen MR) is 131 cm³/mol. The monoisotopic (exact) mass is 501 g/mol. The molecule has 1 saturated heterocycles. The molecule has 0 saturated carbocycles. The number of nitrogens with zero attached hydrogens (tertiary/aromatic N) is 4. The second-order valence-corrected chi connectivity index (χ2v) is 12.2. The topological polar surface area (TPSA) is 104 Å². The van der Waals surface area contributed by atoms with Gasteiger partial charge in [0.2, 0.25) is 5.76 Å². The van der Waals surface area contributed by atoms with Gasteiger partial charge in [-0.2, -0.15) is 0 Å². The molecule has 5 rings (SSSR count). The standard InChI is InChI=1S/C24H31N5O5S/c1-24(2,3)33-23(30)27-10-8-17(9-11-27)29-15-25-22(21-20(29)14-26-34-21)28-12-7-16-13-18(35(4,31)32)5-6-19(16)28/h5-6,13-15,17,26H,7-12H2,1-4H3. The highest BCUT2D eigenvalue weighted by Gasteiger charge is 2.37. The largest absolute Gasteiger partial charge is 0.444 e. The molecule has 0 aliphatic carbocycles. The second kappa shape index (κ2) is 8.47. The summed E-state index contributed by atoms with van der Waals surface area (Å²) in [5.41, 5.74) is 5.16. The van der Waals surface area contributed by atoms with Gasteiger partial charge in [0.1, 0.15) is 11.3 Å². The minimum Gasteiger partial charge on any atom is -0.444 e. The zero-order chi connectivity index (χ0) is 25.0. The second-order valence-electron chi connectivity index (χ2n) is 10.2. The van der Waals surface area contributed by atoms with Crippen LogP contribution in [-0.2, 0) is 25.8 Å². The Hall–Kier alpha value is -3.21. The highest BCUT2D eigenvalue weighted by atomic mass is 32.2. The molecule has 4 aliphatic heterocycles. The molecule has 1 N–H and O–H groups in total. The normalized spacial score (nSPS) is 20.3. The van der Waals surface area contributed by atoms with Crippen molar-refractivity contribution in [3.63, 3.8) is 0 Å². The van der Waals surface area contributed by atoms with Gasteiger partial charge in [-0.3, -0.25) is 0 Å². The number of fused-ring (bicyclic) bond motifs is 2. The lowest BCUT2D eigenvalue weighted by Crippen LogP contribution is -2.48. The van der Waals surface area contributed by atoms with E-state index in [-0.39, 0.29) is 12.1 Å². The summed E-state index contributed by atoms with van der Waals surface area (Å²) in [6, 6.07) is 5.40. The number of hydrogen-bond donors (Lipinski definition) is 1. The van der Waals surface area contributed by atoms with Crippen LogP contribution in [0.5, 0.6) is 0 Å². The van der Waals surface area contributed by atoms with Gasteiger partial charge < -0.3 is 24.3 Å². The van der Waals surface area contributed by atoms with Gasteiger partial charge in [0, 0.05) is 37.6 Å². The molecule has 0 atom stereocenters. The Balaban J connectivity index is 1.31. The number of amides is 1. The van der Waals surface area contributed by atoms with E-state index in [4.69, 9.17) is 14.6 Å². The Bertz CT molecular complexity index is 1240. The van der Waals surface area contributed by atoms with Gasteiger partial charge >= 0.3 is 6.09 Å². The van der Waals surface area contributed by atoms with Crippen molar-refractivity contribution in [1.29, 1.82) is 0 Å². The molecule has 1 amide bonds. The number of nitrogens with one attached hydrogen (secondary N) is 1. The number of anilines is 1. The molecule has 11 heteroatoms. The fourth-order valence-electron chi connectivity index (χ4n) is 4.82. The Morgan fingerprint density at radius 2 is 1.94 bits per heavy atom. The third-order valence-electron chi connectivity index (χ3n) is 6.51. The number of aliphatic imine (C=N–C) groups is 1. The Kier molecular flexibility index (Phi) is 5.70. The third kappa shape index (κ3) is 4.56. The first-order valence-electron chi connectivity index (χ1n) is 11.8. The SMILES string of the molecule is CC(C)(C)OC(=O)N1CCC(N2C=NC(N3CCc4cc(S(C)(=O)=O)ccc43)=C3ONC=C32)CC1. The van der Waals surface area contributed by atoms with Crippen LogP contribution < -0.4 is 10.4 Å². The van der Waals surface area contributed by atoms with Gasteiger partial charge in [-0.15, -0.1) is 0 Å². The fourth-order valence-corrected chi connectivity index (χ4v) is 5.49. The lowest BCUT2D eigenvalue weighted by atomic mass is 10.0. The van der Waals surface area contributed by atoms with Crippen LogP contribution in [0, 0.1) is 0 Å². The van der Waals surface area contributed by atoms with Crippen LogP contribution >= 0.6 is 0 Å². The van der Waals surface area contributed by atoms with E-state index in [0.29, 0.717) is 36.1 Å². The third-order valence-corrected chi connectivity index (χ3v) is 7.63. The van der Waals surface area contributed by atoms with E-state index in [1.54, 1.807) is 17.0 Å². The summed E-state index contributed by atoms with van der Waals surface area (Å²) in [7, 11) is -3.26. The van der Waals surface area contributed by atoms with E-state index < -0.39 is 15.4 Å². The number of sulfone groups is 1. The summed E-state index contributed by atoms with van der Waals surface area (Å²) < 4.78 is 29.4. The van der Waals surface area contributed by atoms with Crippen molar-refractivity contribution in [3.05, 3.63) is 47.2 Å². The highest BCUT2D eigenvalue weighted by molar-refractivity contribution is 7.90. The number of benzene rings is 1. The zero-order valence-electron chi connectivity index (χ0n) is 20.4. The molecule has 0 aromatic heterocycles. The number of ether oxygens (including phenoxy) is 1. The van der Waals surface area contributed by atoms with Gasteiger partial charge in [-0.25, -0.2) is 23.7 Å². The molecule has 1 aromatic carbocycles. The molecule has 0 spiro atoms. The number of likely N-dealkylation sites (tertiary alicyclic amines) is 1. The van der Waals surface area contributed by atoms with Gasteiger partial charge in [0.25, 0.3) is 0 Å². The maximum Gasteiger partial charge on any atom is 0.410 e. The van der Waals surface area contributed by atoms with Crippen molar-refractivity contribution < 1.29 is 22.8 Å². The smallest absolute Gasteiger partial charge is 0.410 e. The summed E-state index contributed by atoms with van der Waals surface area (Å²) in [6.45, 7) is 7.52. The first-order valence-corrected chi connectivity index (χ1v) is 13.7. The lowest BCUT2D eigenvalue weighted by Gasteiger charge is -2.39. The number of rotatable bonds is 3. The molecule has 35 heavy (non-hydrogen) atoms. The summed E-state index contributed by atoms with van der Waals surface area (Å²) in [6.07, 6.45) is 6.90. The number of carbonyl (C=O) groups excluding carboxylic acids is 1. The minimum atomic E-state index is -3.26. The van der Waals surface area contributed by atoms with Crippen LogP contribution in [0.25, 0.3) is 0 Å². The van der Waals surface area contributed by atoms with Gasteiger partial charge in [0.15, 0.2) is 15.7 Å². The molecule has 188 valence electrons. The molecule has 0 bridgehead atoms. The average molecular weight is 502 g/mol. The van der Waals surface area contributed by atoms with Crippen molar-refractivity contribution >= 4 is 28.0 Å². The fraction of sp³-hybridized carbons (Fsp3) is 0.500. The van der Waals surface area contributed by atoms with Crippen molar-refractivity contribution in [2.75, 3.05) is 30.8 Å². The lowest BCUT2D eigenvalue weighted by molar-refractivity contribution is 0.0181. The number of hydrogen-bond acceptors (Lipinski definition) is 9. The van der Waals surface area contributed by atoms with E-state index in [0.717, 1.165) is 36.2 Å². The molecule has 0 radical (unpaired) electrons. The summed E-state index contributed by atoms with van der Waals surface area (Å²) >= 11 is 0. The van der Waals surface area contributed by atoms with E-state index >= 15 is 0 Å². The quantitative estimate of drug-likeness (QED) is 0.674. The molecule has 0 unspecified atom stereocenters. The number of hydroxylamine groups is 1. The van der Waals surface area contributed by atoms with E-state index in [1.807, 2.05) is 39.4 Å². The molecule has 1 aromatic rings. The number of carbonyl (C=O) groups is 1. The van der Waals surface area contributed by atoms with E-state index in [2.05, 4.69) is 15.3 Å². The van der Waals surface area contributed by atoms with E-state index in [1.165, 1.54) is 6.26 Å². The van der Waals surface area contributed by atoms with Crippen LogP contribution in [0.3, 0.4) is 0 Å². The van der Waals surface area contributed by atoms with Crippen LogP contribution in [0.2, 0.25) is 0 Å². The van der Waals surface area contributed by atoms with Crippen molar-refractivity contribution in [2.45, 2.75) is 56.6 Å². The molecular weight excluding hydrogens is 470 g/mol. The van der Waals surface area contributed by atoms with Gasteiger partial charge in [0.05, 0.1) is 17.4 Å². The summed E-state index contributed by atoms with van der Waals surface area (Å²) in [5, 5.41) is 0. The zero-order valence-corrected chi connectivity index (χ0v) is 21.3. The Morgan fingerprint density at radius 3 is 2.63 bits per heavy atom. The molecular formula is C24H31N5O5S. The molecule has 10 nitrogen and oxygen atoms in total. The van der Waals surface area contributed by atoms with Crippen LogP contribution in [0.15, 0.2) is 51.6 Å². The van der Waals surface area contributed by atoms with Crippen LogP contribution in [0.4, 0.5) is 10.5 Å². The summed E-state index contributed by atoms with van der Waals surface area (Å²) in [5.74, 6) is 1.33. The van der Waals surface area contributed by atoms with Crippen LogP contribution in [0.1, 0.15) is 39.2 Å². The Labute approximate surface area is 205 Å². The van der Waals surface area contributed by atoms with Crippen molar-refractivity contribution in [3.8, 4) is 0 Å². The first kappa shape index (κ1) is 23.5. The summed E-state index contributed by atoms with van der Waals surface area (Å²) in [4.78, 5) is 29.2. The minimum absolute atomic E-state index is 0.173. The highest BCUT2D eigenvalue weighted by Crippen LogP contribution is 2.38. The predicted octanol–water partition coefficient (Wildman–Crippen LogP) is 2.74. The van der Waals surface area contributed by atoms with Gasteiger partial charge in [-0.1, -0.05) is 0 Å². The van der Waals surface area contributed by atoms with Gasteiger partial charge in [-0.05, 0) is 63.8 Å². The molecule has 4 aliphatic rings. The maximum absolute atomic E-state index is 12.4. The maximum atomic E-state index is 12.4. The number of piperidine rings is 1. The first-order chi connectivity index (χ1) is 16.5. The molecule has 4 heterocycles. The van der Waals surface area contributed by atoms with E-state index in [9.17, 15) is 13.2 Å². The van der Waals surface area contributed by atoms with Crippen molar-refractivity contribution in [2.24, 2.45) is 4.99 Å². The average Bonchev–Trinajstić information content (AvgIpc) is 3.44. The Morgan fingerprint density at radius 1 is 1.20 bits per heavy atom. The molecule has 1 fully saturated rings. The van der Waals surface area contributed by atoms with Crippen molar-refractivity contribution in [1.82, 2.24) is 15.3 Å². The van der Waals surface area contributed by atoms with Crippen LogP contribution in [-0.4, -0.2) is 68.2 Å².